The largest absolute Gasteiger partial charge is 0.0651 e. The lowest BCUT2D eigenvalue weighted by Crippen LogP contribution is -2.06. The first kappa shape index (κ1) is 11.1. The molecule has 0 aromatic rings. The zero-order valence-corrected chi connectivity index (χ0v) is 9.68. The van der Waals surface area contributed by atoms with Crippen LogP contribution in [-0.2, 0) is 0 Å². The van der Waals surface area contributed by atoms with E-state index in [9.17, 15) is 0 Å². The van der Waals surface area contributed by atoms with Crippen molar-refractivity contribution >= 4 is 0 Å². The van der Waals surface area contributed by atoms with E-state index < -0.39 is 0 Å². The van der Waals surface area contributed by atoms with Crippen LogP contribution in [0.5, 0.6) is 0 Å². The summed E-state index contributed by atoms with van der Waals surface area (Å²) in [6.45, 7) is 7.24. The molecule has 1 aliphatic rings. The van der Waals surface area contributed by atoms with Crippen molar-refractivity contribution in [1.29, 1.82) is 0 Å². The van der Waals surface area contributed by atoms with Gasteiger partial charge in [0.15, 0.2) is 0 Å². The summed E-state index contributed by atoms with van der Waals surface area (Å²) in [6, 6.07) is 0. The fourth-order valence-electron chi connectivity index (χ4n) is 2.58. The van der Waals surface area contributed by atoms with Gasteiger partial charge >= 0.3 is 0 Å². The maximum atomic E-state index is 2.44. The molecule has 0 heterocycles. The van der Waals surface area contributed by atoms with Gasteiger partial charge in [0, 0.05) is 0 Å². The molecular formula is C13H26. The van der Waals surface area contributed by atoms with Crippen LogP contribution in [-0.4, -0.2) is 0 Å². The van der Waals surface area contributed by atoms with Gasteiger partial charge in [0.25, 0.3) is 0 Å². The summed E-state index contributed by atoms with van der Waals surface area (Å²) < 4.78 is 0. The first-order valence-corrected chi connectivity index (χ1v) is 6.24. The maximum Gasteiger partial charge on any atom is -0.0417 e. The molecule has 0 N–H and O–H groups in total. The maximum absolute atomic E-state index is 2.44. The lowest BCUT2D eigenvalue weighted by Gasteiger charge is -2.17. The van der Waals surface area contributed by atoms with Crippen LogP contribution in [0, 0.1) is 17.8 Å². The normalized spacial score (nSPS) is 37.6. The molecule has 1 fully saturated rings. The van der Waals surface area contributed by atoms with Crippen LogP contribution in [0.3, 0.4) is 0 Å². The highest BCUT2D eigenvalue weighted by molar-refractivity contribution is 4.68. The predicted molar refractivity (Wildman–Crippen MR) is 59.8 cm³/mol. The average Bonchev–Trinajstić information content (AvgIpc) is 2.20. The summed E-state index contributed by atoms with van der Waals surface area (Å²) in [7, 11) is 0. The third-order valence-corrected chi connectivity index (χ3v) is 4.09. The topological polar surface area (TPSA) is 0 Å². The van der Waals surface area contributed by atoms with Gasteiger partial charge in [-0.1, -0.05) is 65.7 Å². The highest BCUT2D eigenvalue weighted by Crippen LogP contribution is 2.29. The summed E-state index contributed by atoms with van der Waals surface area (Å²) in [4.78, 5) is 0. The third-order valence-electron chi connectivity index (χ3n) is 4.09. The van der Waals surface area contributed by atoms with Gasteiger partial charge in [-0.15, -0.1) is 0 Å². The van der Waals surface area contributed by atoms with Crippen molar-refractivity contribution in [2.24, 2.45) is 17.8 Å². The Kier molecular flexibility index (Phi) is 4.83. The predicted octanol–water partition coefficient (Wildman–Crippen LogP) is 4.64. The van der Waals surface area contributed by atoms with Gasteiger partial charge < -0.3 is 0 Å². The van der Waals surface area contributed by atoms with Gasteiger partial charge in [0.1, 0.15) is 0 Å². The van der Waals surface area contributed by atoms with Crippen LogP contribution in [0.2, 0.25) is 0 Å². The van der Waals surface area contributed by atoms with E-state index in [-0.39, 0.29) is 0 Å². The molecule has 1 rings (SSSR count). The van der Waals surface area contributed by atoms with Crippen molar-refractivity contribution in [3.63, 3.8) is 0 Å². The van der Waals surface area contributed by atoms with Crippen LogP contribution in [0.25, 0.3) is 0 Å². The quantitative estimate of drug-likeness (QED) is 0.554. The van der Waals surface area contributed by atoms with Crippen molar-refractivity contribution in [3.05, 3.63) is 0 Å². The van der Waals surface area contributed by atoms with E-state index in [0.717, 1.165) is 17.8 Å². The van der Waals surface area contributed by atoms with Crippen LogP contribution < -0.4 is 0 Å². The van der Waals surface area contributed by atoms with E-state index in [2.05, 4.69) is 20.8 Å². The highest BCUT2D eigenvalue weighted by atomic mass is 14.2. The zero-order valence-electron chi connectivity index (χ0n) is 9.68. The monoisotopic (exact) mass is 182 g/mol. The second-order valence-corrected chi connectivity index (χ2v) is 5.09. The smallest absolute Gasteiger partial charge is 0.0417 e. The van der Waals surface area contributed by atoms with Gasteiger partial charge in [-0.25, -0.2) is 0 Å². The second-order valence-electron chi connectivity index (χ2n) is 5.09. The van der Waals surface area contributed by atoms with E-state index in [4.69, 9.17) is 0 Å². The molecule has 0 radical (unpaired) electrons. The van der Waals surface area contributed by atoms with Crippen molar-refractivity contribution in [2.45, 2.75) is 65.7 Å². The molecule has 2 unspecified atom stereocenters. The van der Waals surface area contributed by atoms with Crippen molar-refractivity contribution in [2.75, 3.05) is 0 Å². The summed E-state index contributed by atoms with van der Waals surface area (Å²) >= 11 is 0. The summed E-state index contributed by atoms with van der Waals surface area (Å²) in [5.74, 6) is 2.98. The van der Waals surface area contributed by atoms with Gasteiger partial charge in [-0.2, -0.15) is 0 Å². The van der Waals surface area contributed by atoms with Gasteiger partial charge in [0.05, 0.1) is 0 Å². The fourth-order valence-corrected chi connectivity index (χ4v) is 2.58. The molecule has 1 aliphatic carbocycles. The Labute approximate surface area is 84.1 Å². The molecule has 1 saturated carbocycles. The summed E-state index contributed by atoms with van der Waals surface area (Å²) in [6.07, 6.45) is 10.3. The summed E-state index contributed by atoms with van der Waals surface area (Å²) in [5, 5.41) is 0. The summed E-state index contributed by atoms with van der Waals surface area (Å²) in [5.41, 5.74) is 0. The third kappa shape index (κ3) is 3.70. The molecule has 0 nitrogen and oxygen atoms in total. The molecule has 13 heavy (non-hydrogen) atoms. The molecule has 0 heteroatoms. The van der Waals surface area contributed by atoms with Crippen molar-refractivity contribution < 1.29 is 0 Å². The van der Waals surface area contributed by atoms with E-state index in [1.54, 1.807) is 0 Å². The molecule has 78 valence electrons. The Balaban J connectivity index is 2.37. The minimum absolute atomic E-state index is 0.968. The number of rotatable bonds is 1. The van der Waals surface area contributed by atoms with Gasteiger partial charge in [-0.3, -0.25) is 0 Å². The minimum atomic E-state index is 0.968. The standard InChI is InChI=1S/C13H26/c1-4-13-9-5-7-11(2)12(3)8-6-10-13/h11-13H,4-10H2,1-3H3. The Morgan fingerprint density at radius 3 is 1.69 bits per heavy atom. The lowest BCUT2D eigenvalue weighted by atomic mass is 9.89. The van der Waals surface area contributed by atoms with Crippen LogP contribution in [0.1, 0.15) is 65.7 Å². The van der Waals surface area contributed by atoms with Crippen molar-refractivity contribution in [3.8, 4) is 0 Å². The first-order chi connectivity index (χ1) is 6.24. The Morgan fingerprint density at radius 2 is 1.31 bits per heavy atom. The van der Waals surface area contributed by atoms with Gasteiger partial charge in [-0.05, 0) is 17.8 Å². The molecule has 0 spiro atoms. The SMILES string of the molecule is CCC1CCCC(C)C(C)CCC1. The lowest BCUT2D eigenvalue weighted by molar-refractivity contribution is 0.339. The van der Waals surface area contributed by atoms with E-state index in [1.165, 1.54) is 44.9 Å². The Bertz CT molecular complexity index is 114. The Morgan fingerprint density at radius 1 is 0.846 bits per heavy atom. The second kappa shape index (κ2) is 5.67. The van der Waals surface area contributed by atoms with E-state index >= 15 is 0 Å². The molecule has 0 aromatic carbocycles. The van der Waals surface area contributed by atoms with Crippen molar-refractivity contribution in [1.82, 2.24) is 0 Å². The number of hydrogen-bond donors (Lipinski definition) is 0. The molecule has 0 amide bonds. The van der Waals surface area contributed by atoms with Crippen LogP contribution in [0.4, 0.5) is 0 Å². The van der Waals surface area contributed by atoms with E-state index in [1.807, 2.05) is 0 Å². The number of hydrogen-bond acceptors (Lipinski definition) is 0. The zero-order chi connectivity index (χ0) is 9.68. The first-order valence-electron chi connectivity index (χ1n) is 6.24. The fraction of sp³-hybridized carbons (Fsp3) is 1.00. The molecule has 0 saturated heterocycles. The molecule has 2 atom stereocenters. The van der Waals surface area contributed by atoms with Crippen LogP contribution >= 0.6 is 0 Å². The molecule has 0 aromatic heterocycles. The van der Waals surface area contributed by atoms with Gasteiger partial charge in [0.2, 0.25) is 0 Å². The van der Waals surface area contributed by atoms with Crippen LogP contribution in [0.15, 0.2) is 0 Å². The average molecular weight is 182 g/mol. The minimum Gasteiger partial charge on any atom is -0.0651 e. The molecular weight excluding hydrogens is 156 g/mol. The molecule has 0 aliphatic heterocycles. The van der Waals surface area contributed by atoms with E-state index in [0.29, 0.717) is 0 Å². The highest BCUT2D eigenvalue weighted by Gasteiger charge is 2.16. The Hall–Kier alpha value is 0. The molecule has 0 bridgehead atoms.